The minimum absolute atomic E-state index is 0.0000261. The van der Waals surface area contributed by atoms with Gasteiger partial charge in [-0.25, -0.2) is 4.79 Å². The van der Waals surface area contributed by atoms with Crippen molar-refractivity contribution in [3.8, 4) is 0 Å². The van der Waals surface area contributed by atoms with Crippen molar-refractivity contribution in [3.05, 3.63) is 59.7 Å². The predicted molar refractivity (Wildman–Crippen MR) is 132 cm³/mol. The molecule has 2 aromatic carbocycles. The monoisotopic (exact) mass is 515 g/mol. The van der Waals surface area contributed by atoms with Gasteiger partial charge in [-0.05, 0) is 55.4 Å². The van der Waals surface area contributed by atoms with Gasteiger partial charge in [0.15, 0.2) is 5.82 Å². The number of rotatable bonds is 6. The zero-order valence-electron chi connectivity index (χ0n) is 20.0. The fraction of sp³-hybridized carbons (Fsp3) is 0.423. The first-order chi connectivity index (χ1) is 17.7. The van der Waals surface area contributed by atoms with Gasteiger partial charge in [0.25, 0.3) is 0 Å². The zero-order chi connectivity index (χ0) is 26.2. The van der Waals surface area contributed by atoms with Crippen molar-refractivity contribution < 1.29 is 27.9 Å². The van der Waals surface area contributed by atoms with Crippen LogP contribution in [0.2, 0.25) is 0 Å². The largest absolute Gasteiger partial charge is 0.463 e. The van der Waals surface area contributed by atoms with Crippen LogP contribution in [0.5, 0.6) is 0 Å². The van der Waals surface area contributed by atoms with Gasteiger partial charge in [0.1, 0.15) is 0 Å². The van der Waals surface area contributed by atoms with Crippen LogP contribution in [-0.2, 0) is 11.0 Å². The highest BCUT2D eigenvalue weighted by molar-refractivity contribution is 5.96. The van der Waals surface area contributed by atoms with Crippen molar-refractivity contribution in [3.63, 3.8) is 0 Å². The number of benzene rings is 2. The number of nitrogens with zero attached hydrogens (tertiary/aromatic N) is 3. The molecular weight excluding hydrogens is 487 g/mol. The van der Waals surface area contributed by atoms with E-state index in [1.165, 1.54) is 5.56 Å². The number of hydrogen-bond donors (Lipinski definition) is 3. The van der Waals surface area contributed by atoms with Crippen LogP contribution in [0.1, 0.15) is 42.7 Å². The summed E-state index contributed by atoms with van der Waals surface area (Å²) in [6, 6.07) is 13.8. The van der Waals surface area contributed by atoms with E-state index >= 15 is 0 Å². The molecule has 11 heteroatoms. The second kappa shape index (κ2) is 10.0. The van der Waals surface area contributed by atoms with Gasteiger partial charge < -0.3 is 15.7 Å². The molecule has 3 aromatic rings. The highest BCUT2D eigenvalue weighted by Crippen LogP contribution is 2.36. The second-order valence-corrected chi connectivity index (χ2v) is 9.76. The fourth-order valence-corrected chi connectivity index (χ4v) is 5.42. The van der Waals surface area contributed by atoms with Crippen LogP contribution < -0.4 is 10.6 Å². The molecule has 2 heterocycles. The van der Waals surface area contributed by atoms with Crippen LogP contribution in [0.3, 0.4) is 0 Å². The van der Waals surface area contributed by atoms with E-state index in [0.717, 1.165) is 57.0 Å². The Balaban J connectivity index is 1.12. The summed E-state index contributed by atoms with van der Waals surface area (Å²) < 4.78 is 40.0. The van der Waals surface area contributed by atoms with Gasteiger partial charge in [-0.2, -0.15) is 17.9 Å². The Bertz CT molecular complexity index is 1280. The Morgan fingerprint density at radius 2 is 1.73 bits per heavy atom. The lowest BCUT2D eigenvalue weighted by molar-refractivity contribution is -0.137. The summed E-state index contributed by atoms with van der Waals surface area (Å²) in [7, 11) is 0. The number of anilines is 1. The summed E-state index contributed by atoms with van der Waals surface area (Å²) in [6.45, 7) is 1.29. The van der Waals surface area contributed by atoms with Crippen molar-refractivity contribution in [2.45, 2.75) is 49.9 Å². The van der Waals surface area contributed by atoms with Gasteiger partial charge in [0.05, 0.1) is 23.7 Å². The quantitative estimate of drug-likeness (QED) is 0.447. The van der Waals surface area contributed by atoms with Crippen molar-refractivity contribution in [2.24, 2.45) is 0 Å². The molecule has 3 N–H and O–H groups in total. The number of carboxylic acid groups (broad SMARTS) is 1. The van der Waals surface area contributed by atoms with E-state index in [1.54, 1.807) is 0 Å². The molecule has 5 rings (SSSR count). The SMILES string of the molecule is O=C(CNc1nn(C(=O)O)c2ccc(C(F)(F)F)cc12)NC1CN(C2CCC(c3ccccc3)CC2)C1. The lowest BCUT2D eigenvalue weighted by Gasteiger charge is -2.46. The number of likely N-dealkylation sites (tertiary alicyclic amines) is 1. The number of halogens is 3. The molecule has 196 valence electrons. The minimum atomic E-state index is -4.59. The molecule has 0 unspecified atom stereocenters. The average Bonchev–Trinajstić information content (AvgIpc) is 3.23. The normalized spacial score (nSPS) is 20.9. The lowest BCUT2D eigenvalue weighted by Crippen LogP contribution is -2.63. The smallest absolute Gasteiger partial charge is 0.432 e. The van der Waals surface area contributed by atoms with Crippen molar-refractivity contribution in [1.29, 1.82) is 0 Å². The Morgan fingerprint density at radius 1 is 1.03 bits per heavy atom. The van der Waals surface area contributed by atoms with E-state index in [1.807, 2.05) is 6.07 Å². The maximum atomic E-state index is 13.1. The maximum absolute atomic E-state index is 13.1. The van der Waals surface area contributed by atoms with Gasteiger partial charge in [-0.3, -0.25) is 9.69 Å². The van der Waals surface area contributed by atoms with Crippen molar-refractivity contribution in [2.75, 3.05) is 25.0 Å². The summed E-state index contributed by atoms with van der Waals surface area (Å²) in [4.78, 5) is 26.3. The first-order valence-corrected chi connectivity index (χ1v) is 12.3. The standard InChI is InChI=1S/C26H28F3N5O3/c27-26(28,29)18-8-11-22-21(12-18)24(32-34(22)25(36)37)30-13-23(35)31-19-14-33(15-19)20-9-6-17(7-10-20)16-4-2-1-3-5-16/h1-5,8,11-12,17,19-20H,6-7,9-10,13-15H2,(H,30,32)(H,31,35)(H,36,37). The van der Waals surface area contributed by atoms with Gasteiger partial charge >= 0.3 is 12.3 Å². The van der Waals surface area contributed by atoms with Gasteiger partial charge in [0, 0.05) is 24.5 Å². The van der Waals surface area contributed by atoms with E-state index < -0.39 is 17.8 Å². The molecule has 1 aliphatic heterocycles. The molecule has 0 bridgehead atoms. The summed E-state index contributed by atoms with van der Waals surface area (Å²) in [6.07, 6.45) is -1.47. The van der Waals surface area contributed by atoms with Crippen molar-refractivity contribution >= 4 is 28.7 Å². The second-order valence-electron chi connectivity index (χ2n) is 9.76. The number of hydrogen-bond acceptors (Lipinski definition) is 5. The van der Waals surface area contributed by atoms with Gasteiger partial charge in [-0.1, -0.05) is 30.3 Å². The minimum Gasteiger partial charge on any atom is -0.463 e. The van der Waals surface area contributed by atoms with Crippen LogP contribution in [0.15, 0.2) is 48.5 Å². The highest BCUT2D eigenvalue weighted by Gasteiger charge is 2.35. The molecule has 1 saturated carbocycles. The number of carbonyl (C=O) groups is 2. The molecule has 2 aliphatic rings. The third kappa shape index (κ3) is 5.41. The molecule has 1 saturated heterocycles. The molecular formula is C26H28F3N5O3. The van der Waals surface area contributed by atoms with Crippen LogP contribution in [0.4, 0.5) is 23.8 Å². The molecule has 0 atom stereocenters. The number of aromatic nitrogens is 2. The molecule has 1 aliphatic carbocycles. The first kappa shape index (κ1) is 25.1. The van der Waals surface area contributed by atoms with Crippen molar-refractivity contribution in [1.82, 2.24) is 20.0 Å². The maximum Gasteiger partial charge on any atom is 0.432 e. The number of alkyl halides is 3. The number of nitrogens with one attached hydrogen (secondary N) is 2. The topological polar surface area (TPSA) is 99.5 Å². The molecule has 1 amide bonds. The van der Waals surface area contributed by atoms with Crippen LogP contribution in [0.25, 0.3) is 10.9 Å². The predicted octanol–water partition coefficient (Wildman–Crippen LogP) is 4.52. The lowest BCUT2D eigenvalue weighted by atomic mass is 9.80. The van der Waals surface area contributed by atoms with Crippen LogP contribution in [-0.4, -0.2) is 63.5 Å². The molecule has 37 heavy (non-hydrogen) atoms. The van der Waals surface area contributed by atoms with Gasteiger partial charge in [-0.15, -0.1) is 5.10 Å². The summed E-state index contributed by atoms with van der Waals surface area (Å²) >= 11 is 0. The number of carbonyl (C=O) groups excluding carboxylic acids is 1. The fourth-order valence-electron chi connectivity index (χ4n) is 5.42. The Hall–Kier alpha value is -3.60. The molecule has 0 spiro atoms. The van der Waals surface area contributed by atoms with Crippen LogP contribution >= 0.6 is 0 Å². The van der Waals surface area contributed by atoms with Gasteiger partial charge in [0.2, 0.25) is 5.91 Å². The summed E-state index contributed by atoms with van der Waals surface area (Å²) in [5.74, 6) is 0.180. The first-order valence-electron chi connectivity index (χ1n) is 12.3. The van der Waals surface area contributed by atoms with E-state index in [4.69, 9.17) is 0 Å². The van der Waals surface area contributed by atoms with Crippen LogP contribution in [0, 0.1) is 0 Å². The molecule has 1 aromatic heterocycles. The molecule has 8 nitrogen and oxygen atoms in total. The van der Waals surface area contributed by atoms with E-state index in [-0.39, 0.29) is 35.2 Å². The number of fused-ring (bicyclic) bond motifs is 1. The highest BCUT2D eigenvalue weighted by atomic mass is 19.4. The molecule has 0 radical (unpaired) electrons. The third-order valence-corrected chi connectivity index (χ3v) is 7.36. The van der Waals surface area contributed by atoms with E-state index in [0.29, 0.717) is 16.6 Å². The Morgan fingerprint density at radius 3 is 2.38 bits per heavy atom. The average molecular weight is 516 g/mol. The summed E-state index contributed by atoms with van der Waals surface area (Å²) in [5.41, 5.74) is 0.475. The summed E-state index contributed by atoms with van der Waals surface area (Å²) in [5, 5.41) is 18.8. The molecule has 2 fully saturated rings. The Labute approximate surface area is 211 Å². The zero-order valence-corrected chi connectivity index (χ0v) is 20.0. The number of amides is 1. The van der Waals surface area contributed by atoms with E-state index in [2.05, 4.69) is 44.9 Å². The Kier molecular flexibility index (Phi) is 6.80. The third-order valence-electron chi connectivity index (χ3n) is 7.36. The van der Waals surface area contributed by atoms with E-state index in [9.17, 15) is 27.9 Å².